The number of methoxy groups -OCH3 is 1. The quantitative estimate of drug-likeness (QED) is 0.214. The van der Waals surface area contributed by atoms with E-state index in [0.717, 1.165) is 24.2 Å². The molecular weight excluding hydrogens is 552 g/mol. The Kier molecular flexibility index (Phi) is 9.08. The van der Waals surface area contributed by atoms with E-state index in [1.807, 2.05) is 69.3 Å². The number of cyclic esters (lactones) is 1. The van der Waals surface area contributed by atoms with Crippen LogP contribution in [-0.2, 0) is 22.7 Å². The van der Waals surface area contributed by atoms with Gasteiger partial charge in [-0.05, 0) is 75.4 Å². The lowest BCUT2D eigenvalue weighted by Gasteiger charge is -2.23. The van der Waals surface area contributed by atoms with E-state index in [-0.39, 0.29) is 6.61 Å². The summed E-state index contributed by atoms with van der Waals surface area (Å²) in [6.45, 7) is 7.11. The van der Waals surface area contributed by atoms with Gasteiger partial charge in [-0.15, -0.1) is 0 Å². The highest BCUT2D eigenvalue weighted by Crippen LogP contribution is 2.42. The summed E-state index contributed by atoms with van der Waals surface area (Å²) in [6.07, 6.45) is 1.22. The largest absolute Gasteiger partial charge is 0.497 e. The number of rotatable bonds is 12. The van der Waals surface area contributed by atoms with Crippen LogP contribution in [0, 0.1) is 5.92 Å². The Hall–Kier alpha value is -4.67. The summed E-state index contributed by atoms with van der Waals surface area (Å²) in [7, 11) is 1.63. The molecule has 2 heterocycles. The van der Waals surface area contributed by atoms with Crippen LogP contribution in [0.5, 0.6) is 17.2 Å². The minimum atomic E-state index is -0.589. The van der Waals surface area contributed by atoms with Crippen LogP contribution in [0.25, 0.3) is 11.3 Å². The van der Waals surface area contributed by atoms with Crippen molar-refractivity contribution in [2.45, 2.75) is 52.4 Å². The second kappa shape index (κ2) is 13.1. The molecule has 2 aliphatic rings. The Morgan fingerprint density at radius 3 is 2.51 bits per heavy atom. The van der Waals surface area contributed by atoms with Crippen molar-refractivity contribution >= 4 is 23.7 Å². The molecule has 0 radical (unpaired) electrons. The fourth-order valence-electron chi connectivity index (χ4n) is 4.43. The van der Waals surface area contributed by atoms with Crippen molar-refractivity contribution in [2.24, 2.45) is 5.92 Å². The molecule has 2 aromatic carbocycles. The van der Waals surface area contributed by atoms with E-state index in [0.29, 0.717) is 72.0 Å². The molecule has 0 spiro atoms. The number of ether oxygens (including phenoxy) is 5. The number of hydrogen-bond acceptors (Lipinski definition) is 9. The number of hydrogen-bond donors (Lipinski definition) is 3. The van der Waals surface area contributed by atoms with Gasteiger partial charge in [0.1, 0.15) is 41.9 Å². The van der Waals surface area contributed by atoms with Crippen molar-refractivity contribution in [2.75, 3.05) is 37.4 Å². The van der Waals surface area contributed by atoms with E-state index in [1.54, 1.807) is 7.11 Å². The predicted octanol–water partition coefficient (Wildman–Crippen LogP) is 6.12. The first-order chi connectivity index (χ1) is 20.7. The van der Waals surface area contributed by atoms with E-state index in [9.17, 15) is 9.59 Å². The first kappa shape index (κ1) is 29.8. The molecule has 1 fully saturated rings. The van der Waals surface area contributed by atoms with Crippen molar-refractivity contribution in [3.8, 4) is 28.5 Å². The van der Waals surface area contributed by atoms with E-state index in [1.165, 1.54) is 0 Å². The topological polar surface area (TPSA) is 129 Å². The van der Waals surface area contributed by atoms with Crippen molar-refractivity contribution in [3.05, 3.63) is 59.7 Å². The van der Waals surface area contributed by atoms with Crippen LogP contribution in [0.15, 0.2) is 48.5 Å². The van der Waals surface area contributed by atoms with Gasteiger partial charge >= 0.3 is 12.2 Å². The number of carbonyl (C=O) groups is 2. The van der Waals surface area contributed by atoms with Gasteiger partial charge < -0.3 is 34.3 Å². The number of benzene rings is 2. The zero-order valence-corrected chi connectivity index (χ0v) is 25.0. The number of fused-ring (bicyclic) bond motifs is 1. The number of amides is 2. The third-order valence-electron chi connectivity index (χ3n) is 6.77. The molecule has 0 saturated heterocycles. The Balaban J connectivity index is 1.42. The monoisotopic (exact) mass is 590 g/mol. The number of alkyl carbamates (subject to hydrolysis) is 1. The fraction of sp³-hybridized carbons (Fsp3) is 0.406. The average molecular weight is 591 g/mol. The second-order valence-electron chi connectivity index (χ2n) is 11.5. The predicted molar refractivity (Wildman–Crippen MR) is 162 cm³/mol. The van der Waals surface area contributed by atoms with Gasteiger partial charge in [0.25, 0.3) is 0 Å². The highest BCUT2D eigenvalue weighted by atomic mass is 16.6. The summed E-state index contributed by atoms with van der Waals surface area (Å²) in [6, 6.07) is 15.2. The van der Waals surface area contributed by atoms with Gasteiger partial charge in [-0.2, -0.15) is 0 Å². The first-order valence-electron chi connectivity index (χ1n) is 14.4. The van der Waals surface area contributed by atoms with Gasteiger partial charge in [0.05, 0.1) is 30.5 Å². The zero-order chi connectivity index (χ0) is 30.4. The average Bonchev–Trinajstić information content (AvgIpc) is 3.81. The second-order valence-corrected chi connectivity index (χ2v) is 11.5. The van der Waals surface area contributed by atoms with Crippen LogP contribution in [0.4, 0.5) is 21.1 Å². The van der Waals surface area contributed by atoms with E-state index >= 15 is 0 Å². The van der Waals surface area contributed by atoms with Crippen LogP contribution < -0.4 is 30.2 Å². The van der Waals surface area contributed by atoms with Crippen LogP contribution >= 0.6 is 0 Å². The normalized spacial score (nSPS) is 14.1. The summed E-state index contributed by atoms with van der Waals surface area (Å²) in [5.74, 6) is 2.93. The van der Waals surface area contributed by atoms with Crippen LogP contribution in [0.3, 0.4) is 0 Å². The maximum Gasteiger partial charge on any atom is 0.413 e. The zero-order valence-electron chi connectivity index (χ0n) is 25.0. The lowest BCUT2D eigenvalue weighted by Crippen LogP contribution is -2.35. The van der Waals surface area contributed by atoms with E-state index in [4.69, 9.17) is 28.7 Å². The molecule has 228 valence electrons. The molecule has 0 atom stereocenters. The molecule has 5 rings (SSSR count). The highest BCUT2D eigenvalue weighted by molar-refractivity contribution is 5.90. The Bertz CT molecular complexity index is 1450. The van der Waals surface area contributed by atoms with Crippen LogP contribution in [0.2, 0.25) is 0 Å². The summed E-state index contributed by atoms with van der Waals surface area (Å²) < 4.78 is 28.4. The van der Waals surface area contributed by atoms with Gasteiger partial charge in [-0.25, -0.2) is 14.6 Å². The molecule has 0 unspecified atom stereocenters. The van der Waals surface area contributed by atoms with Gasteiger partial charge in [0, 0.05) is 18.8 Å². The Morgan fingerprint density at radius 2 is 1.81 bits per heavy atom. The number of nitrogens with one attached hydrogen (secondary N) is 3. The van der Waals surface area contributed by atoms with E-state index in [2.05, 4.69) is 16.0 Å². The lowest BCUT2D eigenvalue weighted by atomic mass is 10.1. The smallest absolute Gasteiger partial charge is 0.413 e. The molecule has 1 saturated carbocycles. The maximum absolute atomic E-state index is 12.1. The van der Waals surface area contributed by atoms with Crippen LogP contribution in [0.1, 0.15) is 44.7 Å². The van der Waals surface area contributed by atoms with Crippen molar-refractivity contribution in [3.63, 3.8) is 0 Å². The molecule has 1 aromatic heterocycles. The van der Waals surface area contributed by atoms with Crippen molar-refractivity contribution < 1.29 is 33.3 Å². The van der Waals surface area contributed by atoms with E-state index < -0.39 is 17.8 Å². The molecule has 1 aliphatic carbocycles. The van der Waals surface area contributed by atoms with Crippen LogP contribution in [-0.4, -0.2) is 49.6 Å². The minimum Gasteiger partial charge on any atom is -0.497 e. The van der Waals surface area contributed by atoms with Gasteiger partial charge in [-0.1, -0.05) is 18.2 Å². The molecule has 11 nitrogen and oxygen atoms in total. The maximum atomic E-state index is 12.1. The standard InChI is InChI=1S/C32H38N4O7/c1-32(2,3)43-30(37)34-15-14-33-24-16-25(35-29-23(24)19-42-31(38)36-29)28-26(40-17-20-8-9-20)6-5-7-27(28)41-18-21-10-12-22(39-4)13-11-21/h5-7,10-13,16,20H,8-9,14-15,17-19H2,1-4H3,(H,34,37)(H2,33,35,36,38). The Morgan fingerprint density at radius 1 is 1.07 bits per heavy atom. The lowest BCUT2D eigenvalue weighted by molar-refractivity contribution is 0.0530. The molecule has 1 aliphatic heterocycles. The van der Waals surface area contributed by atoms with Gasteiger partial charge in [0.2, 0.25) is 0 Å². The summed E-state index contributed by atoms with van der Waals surface area (Å²) in [5.41, 5.74) is 3.00. The molecule has 11 heteroatoms. The number of carbonyl (C=O) groups excluding carboxylic acids is 2. The molecule has 3 N–H and O–H groups in total. The molecule has 2 amide bonds. The van der Waals surface area contributed by atoms with Crippen molar-refractivity contribution in [1.29, 1.82) is 0 Å². The number of pyridine rings is 1. The third kappa shape index (κ3) is 8.21. The fourth-order valence-corrected chi connectivity index (χ4v) is 4.43. The van der Waals surface area contributed by atoms with Crippen molar-refractivity contribution in [1.82, 2.24) is 10.3 Å². The molecule has 43 heavy (non-hydrogen) atoms. The number of nitrogens with zero attached hydrogens (tertiary/aromatic N) is 1. The van der Waals surface area contributed by atoms with Gasteiger partial charge in [-0.3, -0.25) is 5.32 Å². The Labute approximate surface area is 251 Å². The highest BCUT2D eigenvalue weighted by Gasteiger charge is 2.26. The summed E-state index contributed by atoms with van der Waals surface area (Å²) >= 11 is 0. The molecular formula is C32H38N4O7. The summed E-state index contributed by atoms with van der Waals surface area (Å²) in [5, 5.41) is 8.81. The third-order valence-corrected chi connectivity index (χ3v) is 6.77. The van der Waals surface area contributed by atoms with Gasteiger partial charge in [0.15, 0.2) is 0 Å². The number of anilines is 2. The minimum absolute atomic E-state index is 0.0525. The first-order valence-corrected chi connectivity index (χ1v) is 14.4. The molecule has 0 bridgehead atoms. The summed E-state index contributed by atoms with van der Waals surface area (Å²) in [4.78, 5) is 29.0. The SMILES string of the molecule is COc1ccc(COc2cccc(OCC3CC3)c2-c2cc(NCCNC(=O)OC(C)(C)C)c3c(n2)NC(=O)OC3)cc1. The number of aromatic nitrogens is 1. The molecule has 3 aromatic rings.